The first kappa shape index (κ1) is 27.4. The molecule has 0 aliphatic rings. The lowest BCUT2D eigenvalue weighted by molar-refractivity contribution is -0.147. The van der Waals surface area contributed by atoms with Gasteiger partial charge in [-0.3, -0.25) is 19.2 Å². The Morgan fingerprint density at radius 2 is 1.39 bits per heavy atom. The number of phenols is 1. The van der Waals surface area contributed by atoms with Gasteiger partial charge >= 0.3 is 11.9 Å². The summed E-state index contributed by atoms with van der Waals surface area (Å²) in [6, 6.07) is 0.822. The van der Waals surface area contributed by atoms with E-state index in [2.05, 4.69) is 16.0 Å². The smallest absolute Gasteiger partial charge is 0.326 e. The predicted molar refractivity (Wildman–Crippen MR) is 116 cm³/mol. The van der Waals surface area contributed by atoms with Crippen LogP contribution >= 0.6 is 0 Å². The molecule has 1 aromatic rings. The summed E-state index contributed by atoms with van der Waals surface area (Å²) in [6.45, 7) is 4.87. The lowest BCUT2D eigenvalue weighted by atomic mass is 10.0. The Hall–Kier alpha value is -3.67. The summed E-state index contributed by atoms with van der Waals surface area (Å²) < 4.78 is 0. The van der Waals surface area contributed by atoms with Gasteiger partial charge in [-0.1, -0.05) is 26.0 Å². The molecule has 0 heterocycles. The molecule has 0 bridgehead atoms. The molecule has 0 radical (unpaired) electrons. The van der Waals surface area contributed by atoms with E-state index in [4.69, 9.17) is 10.8 Å². The van der Waals surface area contributed by atoms with Gasteiger partial charge in [0.2, 0.25) is 17.7 Å². The first-order chi connectivity index (χ1) is 15.3. The number of aliphatic carboxylic acids is 2. The van der Waals surface area contributed by atoms with E-state index < -0.39 is 60.2 Å². The van der Waals surface area contributed by atoms with Gasteiger partial charge in [-0.25, -0.2) is 4.79 Å². The fourth-order valence-corrected chi connectivity index (χ4v) is 2.70. The Bertz CT molecular complexity index is 872. The van der Waals surface area contributed by atoms with Crippen molar-refractivity contribution in [3.05, 3.63) is 29.8 Å². The van der Waals surface area contributed by atoms with Crippen LogP contribution in [0.1, 0.15) is 32.8 Å². The molecular formula is C21H30N4O8. The summed E-state index contributed by atoms with van der Waals surface area (Å²) in [5.74, 6) is -5.39. The second-order valence-electron chi connectivity index (χ2n) is 7.93. The third kappa shape index (κ3) is 9.15. The predicted octanol–water partition coefficient (Wildman–Crippen LogP) is -1.05. The van der Waals surface area contributed by atoms with Gasteiger partial charge in [0.25, 0.3) is 0 Å². The summed E-state index contributed by atoms with van der Waals surface area (Å²) in [7, 11) is 0. The molecule has 4 unspecified atom stereocenters. The first-order valence-corrected chi connectivity index (χ1v) is 10.2. The molecule has 0 saturated carbocycles. The molecule has 182 valence electrons. The number of aromatic hydroxyl groups is 1. The minimum Gasteiger partial charge on any atom is -0.508 e. The largest absolute Gasteiger partial charge is 0.508 e. The lowest BCUT2D eigenvalue weighted by Gasteiger charge is -2.24. The Kier molecular flexibility index (Phi) is 10.3. The quantitative estimate of drug-likeness (QED) is 0.200. The fraction of sp³-hybridized carbons (Fsp3) is 0.476. The third-order valence-electron chi connectivity index (χ3n) is 4.78. The number of carbonyl (C=O) groups excluding carboxylic acids is 3. The van der Waals surface area contributed by atoms with E-state index in [0.717, 1.165) is 0 Å². The number of carboxylic acid groups (broad SMARTS) is 2. The second kappa shape index (κ2) is 12.4. The monoisotopic (exact) mass is 466 g/mol. The zero-order chi connectivity index (χ0) is 25.3. The average molecular weight is 466 g/mol. The Morgan fingerprint density at radius 3 is 1.88 bits per heavy atom. The first-order valence-electron chi connectivity index (χ1n) is 10.2. The number of amides is 3. The molecule has 12 heteroatoms. The molecule has 0 saturated heterocycles. The van der Waals surface area contributed by atoms with Crippen molar-refractivity contribution >= 4 is 29.7 Å². The number of carbonyl (C=O) groups is 5. The number of carboxylic acids is 2. The molecule has 0 aromatic heterocycles. The molecule has 0 aliphatic heterocycles. The van der Waals surface area contributed by atoms with Gasteiger partial charge in [-0.05, 0) is 30.5 Å². The van der Waals surface area contributed by atoms with Crippen molar-refractivity contribution in [3.8, 4) is 5.75 Å². The Balaban J connectivity index is 3.01. The third-order valence-corrected chi connectivity index (χ3v) is 4.78. The van der Waals surface area contributed by atoms with Crippen LogP contribution in [0.2, 0.25) is 0 Å². The van der Waals surface area contributed by atoms with Crippen molar-refractivity contribution < 1.29 is 39.3 Å². The molecule has 33 heavy (non-hydrogen) atoms. The second-order valence-corrected chi connectivity index (χ2v) is 7.93. The van der Waals surface area contributed by atoms with Crippen molar-refractivity contribution in [3.63, 3.8) is 0 Å². The summed E-state index contributed by atoms with van der Waals surface area (Å²) >= 11 is 0. The van der Waals surface area contributed by atoms with Gasteiger partial charge in [0.15, 0.2) is 0 Å². The van der Waals surface area contributed by atoms with Crippen molar-refractivity contribution in [2.75, 3.05) is 0 Å². The van der Waals surface area contributed by atoms with Gasteiger partial charge in [0.05, 0.1) is 12.5 Å². The van der Waals surface area contributed by atoms with Crippen LogP contribution in [0.25, 0.3) is 0 Å². The molecule has 12 nitrogen and oxygen atoms in total. The minimum atomic E-state index is -1.71. The van der Waals surface area contributed by atoms with Gasteiger partial charge < -0.3 is 37.0 Å². The zero-order valence-electron chi connectivity index (χ0n) is 18.6. The van der Waals surface area contributed by atoms with Crippen molar-refractivity contribution in [2.45, 2.75) is 57.8 Å². The van der Waals surface area contributed by atoms with Gasteiger partial charge in [0.1, 0.15) is 23.9 Å². The summed E-state index contributed by atoms with van der Waals surface area (Å²) in [6.07, 6.45) is -0.954. The van der Waals surface area contributed by atoms with Crippen LogP contribution < -0.4 is 21.7 Å². The van der Waals surface area contributed by atoms with Gasteiger partial charge in [-0.15, -0.1) is 0 Å². The van der Waals surface area contributed by atoms with Crippen LogP contribution in [-0.2, 0) is 30.4 Å². The molecule has 8 N–H and O–H groups in total. The summed E-state index contributed by atoms with van der Waals surface area (Å²) in [5, 5.41) is 34.5. The molecule has 0 aliphatic carbocycles. The maximum absolute atomic E-state index is 12.7. The van der Waals surface area contributed by atoms with E-state index in [1.807, 2.05) is 0 Å². The molecule has 0 fully saturated rings. The van der Waals surface area contributed by atoms with E-state index in [9.17, 15) is 34.2 Å². The standard InChI is InChI=1S/C21H30N4O8/c1-10(2)17(22)20(31)23-11(3)18(29)24-14(8-12-4-6-13(26)7-5-12)19(30)25-15(21(32)33)9-16(27)28/h4-7,10-11,14-15,17,26H,8-9,22H2,1-3H3,(H,23,31)(H,24,29)(H,25,30)(H,27,28)(H,32,33). The SMILES string of the molecule is CC(NC(=O)C(N)C(C)C)C(=O)NC(Cc1ccc(O)cc1)C(=O)NC(CC(=O)O)C(=O)O. The Morgan fingerprint density at radius 1 is 0.848 bits per heavy atom. The van der Waals surface area contributed by atoms with Crippen LogP contribution in [0.4, 0.5) is 0 Å². The highest BCUT2D eigenvalue weighted by Crippen LogP contribution is 2.12. The number of nitrogens with one attached hydrogen (secondary N) is 3. The normalized spacial score (nSPS) is 14.5. The lowest BCUT2D eigenvalue weighted by Crippen LogP contribution is -2.57. The molecule has 3 amide bonds. The van der Waals surface area contributed by atoms with Crippen LogP contribution in [0, 0.1) is 5.92 Å². The van der Waals surface area contributed by atoms with Crippen LogP contribution in [0.5, 0.6) is 5.75 Å². The molecule has 1 aromatic carbocycles. The number of benzene rings is 1. The van der Waals surface area contributed by atoms with Gasteiger partial charge in [0, 0.05) is 6.42 Å². The maximum Gasteiger partial charge on any atom is 0.326 e. The van der Waals surface area contributed by atoms with E-state index in [1.54, 1.807) is 13.8 Å². The van der Waals surface area contributed by atoms with Crippen molar-refractivity contribution in [1.82, 2.24) is 16.0 Å². The minimum absolute atomic E-state index is 0.0194. The number of hydrogen-bond donors (Lipinski definition) is 7. The van der Waals surface area contributed by atoms with Crippen LogP contribution in [-0.4, -0.2) is 69.1 Å². The number of nitrogens with two attached hydrogens (primary N) is 1. The molecule has 0 spiro atoms. The maximum atomic E-state index is 12.7. The van der Waals surface area contributed by atoms with E-state index in [-0.39, 0.29) is 18.1 Å². The van der Waals surface area contributed by atoms with Crippen LogP contribution in [0.15, 0.2) is 24.3 Å². The summed E-state index contributed by atoms with van der Waals surface area (Å²) in [4.78, 5) is 59.7. The van der Waals surface area contributed by atoms with E-state index in [0.29, 0.717) is 5.56 Å². The van der Waals surface area contributed by atoms with Crippen LogP contribution in [0.3, 0.4) is 0 Å². The average Bonchev–Trinajstić information content (AvgIpc) is 2.72. The highest BCUT2D eigenvalue weighted by Gasteiger charge is 2.30. The highest BCUT2D eigenvalue weighted by atomic mass is 16.4. The van der Waals surface area contributed by atoms with Crippen molar-refractivity contribution in [2.24, 2.45) is 11.7 Å². The number of rotatable bonds is 12. The summed E-state index contributed by atoms with van der Waals surface area (Å²) in [5.41, 5.74) is 6.29. The van der Waals surface area contributed by atoms with E-state index >= 15 is 0 Å². The fourth-order valence-electron chi connectivity index (χ4n) is 2.70. The van der Waals surface area contributed by atoms with Gasteiger partial charge in [-0.2, -0.15) is 0 Å². The zero-order valence-corrected chi connectivity index (χ0v) is 18.6. The number of phenolic OH excluding ortho intramolecular Hbond substituents is 1. The topological polar surface area (TPSA) is 208 Å². The molecule has 1 rings (SSSR count). The van der Waals surface area contributed by atoms with E-state index in [1.165, 1.54) is 31.2 Å². The highest BCUT2D eigenvalue weighted by molar-refractivity contribution is 5.94. The molecule has 4 atom stereocenters. The Labute approximate surface area is 190 Å². The van der Waals surface area contributed by atoms with Crippen molar-refractivity contribution in [1.29, 1.82) is 0 Å². The number of hydrogen-bond acceptors (Lipinski definition) is 7. The molecular weight excluding hydrogens is 436 g/mol.